The molecule has 0 radical (unpaired) electrons. The van der Waals surface area contributed by atoms with E-state index in [-0.39, 0.29) is 17.7 Å². The summed E-state index contributed by atoms with van der Waals surface area (Å²) < 4.78 is 16.7. The summed E-state index contributed by atoms with van der Waals surface area (Å²) in [5.74, 6) is 2.61. The van der Waals surface area contributed by atoms with E-state index in [1.54, 1.807) is 6.20 Å². The molecule has 3 N–H and O–H groups in total. The molecule has 8 rings (SSSR count). The molecule has 3 fully saturated rings. The molecule has 2 saturated carbocycles. The van der Waals surface area contributed by atoms with E-state index in [9.17, 15) is 0 Å². The molecular formula is C26H32ClFN10. The number of hydrogen-bond acceptors (Lipinski definition) is 9. The van der Waals surface area contributed by atoms with Crippen LogP contribution in [0.4, 0.5) is 27.8 Å². The highest BCUT2D eigenvalue weighted by molar-refractivity contribution is 6.30. The highest BCUT2D eigenvalue weighted by Gasteiger charge is 2.38. The van der Waals surface area contributed by atoms with E-state index in [2.05, 4.69) is 42.4 Å². The Labute approximate surface area is 225 Å². The zero-order chi connectivity index (χ0) is 26.0. The predicted octanol–water partition coefficient (Wildman–Crippen LogP) is 4.25. The molecule has 1 aliphatic heterocycles. The lowest BCUT2D eigenvalue weighted by molar-refractivity contribution is 0.181. The Morgan fingerprint density at radius 2 is 1.82 bits per heavy atom. The highest BCUT2D eigenvalue weighted by Crippen LogP contribution is 2.52. The van der Waals surface area contributed by atoms with Gasteiger partial charge in [0.05, 0.1) is 11.9 Å². The van der Waals surface area contributed by atoms with Gasteiger partial charge in [-0.25, -0.2) is 9.37 Å². The minimum absolute atomic E-state index is 0.177. The van der Waals surface area contributed by atoms with Gasteiger partial charge >= 0.3 is 0 Å². The largest absolute Gasteiger partial charge is 0.368 e. The van der Waals surface area contributed by atoms with E-state index in [0.29, 0.717) is 40.4 Å². The van der Waals surface area contributed by atoms with Gasteiger partial charge in [-0.05, 0) is 63.2 Å². The van der Waals surface area contributed by atoms with Gasteiger partial charge < -0.3 is 16.0 Å². The molecule has 4 aliphatic carbocycles. The molecule has 4 heterocycles. The molecule has 0 aromatic carbocycles. The van der Waals surface area contributed by atoms with Crippen LogP contribution in [-0.4, -0.2) is 67.1 Å². The van der Waals surface area contributed by atoms with Crippen molar-refractivity contribution in [1.29, 1.82) is 0 Å². The van der Waals surface area contributed by atoms with Crippen molar-refractivity contribution >= 4 is 35.0 Å². The Bertz CT molecular complexity index is 1370. The summed E-state index contributed by atoms with van der Waals surface area (Å²) in [6.45, 7) is 5.83. The van der Waals surface area contributed by atoms with Crippen molar-refractivity contribution in [2.45, 2.75) is 63.3 Å². The van der Waals surface area contributed by atoms with Crippen LogP contribution in [-0.2, 0) is 0 Å². The molecule has 1 atom stereocenters. The van der Waals surface area contributed by atoms with Gasteiger partial charge in [-0.3, -0.25) is 4.90 Å². The van der Waals surface area contributed by atoms with Crippen LogP contribution in [0, 0.1) is 11.7 Å². The SMILES string of the molecule is C[C@H]1CN(c2ncc(Nc3nc(N)n(-c4nnc(Cl)c5c4C4CCC5CC4)n3)cc2F)CCN1CC1CC1. The van der Waals surface area contributed by atoms with Crippen molar-refractivity contribution in [2.75, 3.05) is 42.1 Å². The number of fused-ring (bicyclic) bond motifs is 2. The van der Waals surface area contributed by atoms with Gasteiger partial charge in [0.15, 0.2) is 22.6 Å². The van der Waals surface area contributed by atoms with Crippen molar-refractivity contribution in [1.82, 2.24) is 34.8 Å². The number of nitrogen functional groups attached to an aromatic ring is 1. The van der Waals surface area contributed by atoms with E-state index in [4.69, 9.17) is 17.3 Å². The number of pyridine rings is 1. The molecule has 1 saturated heterocycles. The van der Waals surface area contributed by atoms with E-state index in [1.807, 2.05) is 4.90 Å². The monoisotopic (exact) mass is 538 g/mol. The van der Waals surface area contributed by atoms with Gasteiger partial charge in [0, 0.05) is 49.4 Å². The lowest BCUT2D eigenvalue weighted by Crippen LogP contribution is -2.52. The van der Waals surface area contributed by atoms with Crippen molar-refractivity contribution in [3.8, 4) is 5.82 Å². The molecule has 0 amide bonds. The lowest BCUT2D eigenvalue weighted by atomic mass is 9.67. The van der Waals surface area contributed by atoms with Crippen LogP contribution in [0.2, 0.25) is 5.15 Å². The van der Waals surface area contributed by atoms with Crippen LogP contribution >= 0.6 is 11.6 Å². The third kappa shape index (κ3) is 4.25. The van der Waals surface area contributed by atoms with Gasteiger partial charge in [-0.2, -0.15) is 9.67 Å². The molecule has 5 aliphatic rings. The number of halogens is 2. The number of nitrogens with two attached hydrogens (primary N) is 1. The van der Waals surface area contributed by atoms with Crippen LogP contribution in [0.5, 0.6) is 0 Å². The molecule has 3 aromatic heterocycles. The summed E-state index contributed by atoms with van der Waals surface area (Å²) in [7, 11) is 0. The van der Waals surface area contributed by atoms with E-state index < -0.39 is 0 Å². The minimum Gasteiger partial charge on any atom is -0.368 e. The standard InChI is InChI=1S/C26H32ClFN10/c1-14-12-37(9-8-36(14)13-15-2-3-15)23-19(28)10-18(11-30-23)31-26-32-25(29)38(35-26)24-21-17-6-4-16(5-7-17)20(21)22(27)33-34-24/h10-11,14-17H,2-9,12-13H2,1H3,(H3,29,31,32,35)/t14-,16?,17?/m0/s1. The molecule has 200 valence electrons. The number of anilines is 4. The van der Waals surface area contributed by atoms with Crippen molar-refractivity contribution in [2.24, 2.45) is 5.92 Å². The van der Waals surface area contributed by atoms with E-state index >= 15 is 4.39 Å². The smallest absolute Gasteiger partial charge is 0.248 e. The number of aromatic nitrogens is 6. The summed E-state index contributed by atoms with van der Waals surface area (Å²) in [4.78, 5) is 13.4. The van der Waals surface area contributed by atoms with Gasteiger partial charge in [-0.15, -0.1) is 15.3 Å². The molecule has 0 spiro atoms. The predicted molar refractivity (Wildman–Crippen MR) is 144 cm³/mol. The second-order valence-corrected chi connectivity index (χ2v) is 11.6. The fourth-order valence-electron chi connectivity index (χ4n) is 6.53. The van der Waals surface area contributed by atoms with Crippen molar-refractivity contribution in [3.05, 3.63) is 34.4 Å². The summed E-state index contributed by atoms with van der Waals surface area (Å²) in [5, 5.41) is 16.6. The normalized spacial score (nSPS) is 25.0. The first-order valence-corrected chi connectivity index (χ1v) is 14.0. The number of hydrogen-bond donors (Lipinski definition) is 2. The Hall–Kier alpha value is -3.05. The fraction of sp³-hybridized carbons (Fsp3) is 0.577. The summed E-state index contributed by atoms with van der Waals surface area (Å²) in [6.07, 6.45) is 8.71. The van der Waals surface area contributed by atoms with Crippen LogP contribution in [0.25, 0.3) is 5.82 Å². The second kappa shape index (κ2) is 9.30. The van der Waals surface area contributed by atoms with Crippen LogP contribution < -0.4 is 16.0 Å². The number of nitrogens with zero attached hydrogens (tertiary/aromatic N) is 8. The zero-order valence-corrected chi connectivity index (χ0v) is 22.2. The molecule has 38 heavy (non-hydrogen) atoms. The summed E-state index contributed by atoms with van der Waals surface area (Å²) in [5.41, 5.74) is 8.86. The van der Waals surface area contributed by atoms with Gasteiger partial charge in [0.2, 0.25) is 11.9 Å². The molecule has 12 heteroatoms. The maximum atomic E-state index is 15.2. The Morgan fingerprint density at radius 1 is 1.05 bits per heavy atom. The highest BCUT2D eigenvalue weighted by atomic mass is 35.5. The first-order chi connectivity index (χ1) is 18.4. The first-order valence-electron chi connectivity index (χ1n) is 13.6. The van der Waals surface area contributed by atoms with Gasteiger partial charge in [0.1, 0.15) is 0 Å². The fourth-order valence-corrected chi connectivity index (χ4v) is 6.83. The third-order valence-corrected chi connectivity index (χ3v) is 8.97. The molecular weight excluding hydrogens is 507 g/mol. The van der Waals surface area contributed by atoms with Crippen LogP contribution in [0.15, 0.2) is 12.3 Å². The average molecular weight is 539 g/mol. The first kappa shape index (κ1) is 24.0. The topological polar surface area (TPSA) is 114 Å². The zero-order valence-electron chi connectivity index (χ0n) is 21.4. The molecule has 3 aromatic rings. The van der Waals surface area contributed by atoms with Gasteiger partial charge in [-0.1, -0.05) is 11.6 Å². The number of piperazine rings is 1. The van der Waals surface area contributed by atoms with Crippen molar-refractivity contribution in [3.63, 3.8) is 0 Å². The average Bonchev–Trinajstić information content (AvgIpc) is 3.66. The molecule has 10 nitrogen and oxygen atoms in total. The Morgan fingerprint density at radius 3 is 2.53 bits per heavy atom. The molecule has 2 bridgehead atoms. The second-order valence-electron chi connectivity index (χ2n) is 11.3. The molecule has 0 unspecified atom stereocenters. The van der Waals surface area contributed by atoms with E-state index in [1.165, 1.54) is 23.6 Å². The Kier molecular flexibility index (Phi) is 5.88. The van der Waals surface area contributed by atoms with Crippen LogP contribution in [0.3, 0.4) is 0 Å². The van der Waals surface area contributed by atoms with E-state index in [0.717, 1.165) is 68.9 Å². The Balaban J connectivity index is 1.09. The third-order valence-electron chi connectivity index (χ3n) is 8.69. The quantitative estimate of drug-likeness (QED) is 0.475. The lowest BCUT2D eigenvalue weighted by Gasteiger charge is -2.40. The van der Waals surface area contributed by atoms with Gasteiger partial charge in [0.25, 0.3) is 0 Å². The minimum atomic E-state index is -0.376. The van der Waals surface area contributed by atoms with Crippen molar-refractivity contribution < 1.29 is 4.39 Å². The maximum absolute atomic E-state index is 15.2. The number of nitrogens with one attached hydrogen (secondary N) is 1. The summed E-state index contributed by atoms with van der Waals surface area (Å²) in [6, 6.07) is 1.81. The van der Waals surface area contributed by atoms with Crippen LogP contribution in [0.1, 0.15) is 68.4 Å². The maximum Gasteiger partial charge on any atom is 0.248 e. The number of rotatable bonds is 6. The summed E-state index contributed by atoms with van der Waals surface area (Å²) >= 11 is 6.46.